The molecule has 0 heterocycles. The van der Waals surface area contributed by atoms with Crippen molar-refractivity contribution < 1.29 is 4.74 Å². The van der Waals surface area contributed by atoms with Gasteiger partial charge in [-0.2, -0.15) is 0 Å². The predicted octanol–water partition coefficient (Wildman–Crippen LogP) is 5.37. The standard InChI is InChI=1S/C22H31NO/c1-2-3-4-5-9-16-23-19-21-13-10-14-22(18-21)24-17-15-20-11-7-6-8-12-20/h6-8,10-14,18,23H,2-5,9,15-17,19H2,1H3. The van der Waals surface area contributed by atoms with Crippen molar-refractivity contribution in [1.82, 2.24) is 5.32 Å². The van der Waals surface area contributed by atoms with E-state index >= 15 is 0 Å². The van der Waals surface area contributed by atoms with E-state index in [9.17, 15) is 0 Å². The monoisotopic (exact) mass is 325 g/mol. The van der Waals surface area contributed by atoms with Gasteiger partial charge in [0, 0.05) is 13.0 Å². The molecule has 0 aliphatic heterocycles. The zero-order valence-electron chi connectivity index (χ0n) is 15.0. The number of ether oxygens (including phenoxy) is 1. The fraction of sp³-hybridized carbons (Fsp3) is 0.455. The Labute approximate surface area is 147 Å². The van der Waals surface area contributed by atoms with Gasteiger partial charge in [0.15, 0.2) is 0 Å². The van der Waals surface area contributed by atoms with Crippen LogP contribution in [0.2, 0.25) is 0 Å². The summed E-state index contributed by atoms with van der Waals surface area (Å²) in [6.07, 6.45) is 7.59. The third kappa shape index (κ3) is 7.65. The van der Waals surface area contributed by atoms with Crippen molar-refractivity contribution in [3.63, 3.8) is 0 Å². The van der Waals surface area contributed by atoms with E-state index in [1.165, 1.54) is 43.2 Å². The SMILES string of the molecule is CCCCCCCNCc1cccc(OCCc2ccccc2)c1. The van der Waals surface area contributed by atoms with Gasteiger partial charge in [-0.25, -0.2) is 0 Å². The molecule has 0 spiro atoms. The summed E-state index contributed by atoms with van der Waals surface area (Å²) in [5.74, 6) is 0.966. The predicted molar refractivity (Wildman–Crippen MR) is 103 cm³/mol. The van der Waals surface area contributed by atoms with Gasteiger partial charge in [0.1, 0.15) is 5.75 Å². The van der Waals surface area contributed by atoms with Gasteiger partial charge in [-0.05, 0) is 36.2 Å². The van der Waals surface area contributed by atoms with Gasteiger partial charge in [0.05, 0.1) is 6.61 Å². The molecule has 2 nitrogen and oxygen atoms in total. The molecule has 2 heteroatoms. The van der Waals surface area contributed by atoms with Crippen LogP contribution in [-0.2, 0) is 13.0 Å². The van der Waals surface area contributed by atoms with Gasteiger partial charge in [-0.1, -0.05) is 75.1 Å². The minimum atomic E-state index is 0.721. The number of nitrogens with one attached hydrogen (secondary N) is 1. The van der Waals surface area contributed by atoms with E-state index in [1.54, 1.807) is 0 Å². The third-order valence-electron chi connectivity index (χ3n) is 4.19. The van der Waals surface area contributed by atoms with E-state index < -0.39 is 0 Å². The smallest absolute Gasteiger partial charge is 0.119 e. The molecule has 0 aliphatic carbocycles. The van der Waals surface area contributed by atoms with Crippen LogP contribution >= 0.6 is 0 Å². The van der Waals surface area contributed by atoms with Crippen molar-refractivity contribution in [2.75, 3.05) is 13.2 Å². The molecule has 24 heavy (non-hydrogen) atoms. The Morgan fingerprint density at radius 3 is 2.46 bits per heavy atom. The Hall–Kier alpha value is -1.80. The molecule has 0 aliphatic rings. The third-order valence-corrected chi connectivity index (χ3v) is 4.19. The average Bonchev–Trinajstić information content (AvgIpc) is 2.62. The molecule has 2 aromatic rings. The number of hydrogen-bond acceptors (Lipinski definition) is 2. The maximum absolute atomic E-state index is 5.89. The van der Waals surface area contributed by atoms with Crippen molar-refractivity contribution in [3.05, 3.63) is 65.7 Å². The normalized spacial score (nSPS) is 10.7. The summed E-state index contributed by atoms with van der Waals surface area (Å²) in [5.41, 5.74) is 2.61. The summed E-state index contributed by atoms with van der Waals surface area (Å²) < 4.78 is 5.89. The molecule has 0 saturated heterocycles. The fourth-order valence-electron chi connectivity index (χ4n) is 2.76. The molecule has 0 aromatic heterocycles. The van der Waals surface area contributed by atoms with Crippen LogP contribution in [0.1, 0.15) is 50.2 Å². The summed E-state index contributed by atoms with van der Waals surface area (Å²) in [4.78, 5) is 0. The zero-order valence-corrected chi connectivity index (χ0v) is 15.0. The highest BCUT2D eigenvalue weighted by Crippen LogP contribution is 2.14. The van der Waals surface area contributed by atoms with Gasteiger partial charge in [0.25, 0.3) is 0 Å². The van der Waals surface area contributed by atoms with Crippen LogP contribution in [0.25, 0.3) is 0 Å². The molecular weight excluding hydrogens is 294 g/mol. The Bertz CT molecular complexity index is 553. The van der Waals surface area contributed by atoms with Crippen LogP contribution in [0.3, 0.4) is 0 Å². The Morgan fingerprint density at radius 1 is 0.833 bits per heavy atom. The highest BCUT2D eigenvalue weighted by molar-refractivity contribution is 5.28. The van der Waals surface area contributed by atoms with Crippen LogP contribution in [0, 0.1) is 0 Å². The first-order valence-electron chi connectivity index (χ1n) is 9.35. The van der Waals surface area contributed by atoms with Gasteiger partial charge >= 0.3 is 0 Å². The number of rotatable bonds is 12. The number of unbranched alkanes of at least 4 members (excludes halogenated alkanes) is 4. The van der Waals surface area contributed by atoms with E-state index in [2.05, 4.69) is 54.7 Å². The minimum absolute atomic E-state index is 0.721. The molecule has 0 saturated carbocycles. The zero-order chi connectivity index (χ0) is 16.9. The summed E-state index contributed by atoms with van der Waals surface area (Å²) in [7, 11) is 0. The Kier molecular flexibility index (Phi) is 9.03. The van der Waals surface area contributed by atoms with Crippen molar-refractivity contribution in [2.45, 2.75) is 52.0 Å². The summed E-state index contributed by atoms with van der Waals surface area (Å²) in [6, 6.07) is 18.9. The first kappa shape index (κ1) is 18.5. The maximum atomic E-state index is 5.89. The van der Waals surface area contributed by atoms with Crippen LogP contribution in [0.5, 0.6) is 5.75 Å². The summed E-state index contributed by atoms with van der Waals surface area (Å²) >= 11 is 0. The summed E-state index contributed by atoms with van der Waals surface area (Å²) in [5, 5.41) is 3.53. The lowest BCUT2D eigenvalue weighted by Crippen LogP contribution is -2.14. The second kappa shape index (κ2) is 11.7. The summed E-state index contributed by atoms with van der Waals surface area (Å²) in [6.45, 7) is 5.00. The van der Waals surface area contributed by atoms with E-state index in [4.69, 9.17) is 4.74 Å². The molecule has 0 bridgehead atoms. The van der Waals surface area contributed by atoms with Crippen molar-refractivity contribution in [2.24, 2.45) is 0 Å². The van der Waals surface area contributed by atoms with Gasteiger partial charge in [0.2, 0.25) is 0 Å². The van der Waals surface area contributed by atoms with Crippen LogP contribution < -0.4 is 10.1 Å². The van der Waals surface area contributed by atoms with E-state index in [0.717, 1.165) is 31.9 Å². The van der Waals surface area contributed by atoms with Gasteiger partial charge < -0.3 is 10.1 Å². The molecule has 1 N–H and O–H groups in total. The second-order valence-electron chi connectivity index (χ2n) is 6.32. The molecule has 0 unspecified atom stereocenters. The van der Waals surface area contributed by atoms with Gasteiger partial charge in [-0.3, -0.25) is 0 Å². The molecule has 0 radical (unpaired) electrons. The molecule has 0 atom stereocenters. The average molecular weight is 325 g/mol. The second-order valence-corrected chi connectivity index (χ2v) is 6.32. The quantitative estimate of drug-likeness (QED) is 0.530. The van der Waals surface area contributed by atoms with E-state index in [1.807, 2.05) is 12.1 Å². The topological polar surface area (TPSA) is 21.3 Å². The number of hydrogen-bond donors (Lipinski definition) is 1. The Morgan fingerprint density at radius 2 is 1.62 bits per heavy atom. The lowest BCUT2D eigenvalue weighted by atomic mass is 10.1. The lowest BCUT2D eigenvalue weighted by molar-refractivity contribution is 0.321. The Balaban J connectivity index is 1.64. The highest BCUT2D eigenvalue weighted by atomic mass is 16.5. The largest absolute Gasteiger partial charge is 0.493 e. The molecule has 0 fully saturated rings. The molecule has 2 rings (SSSR count). The maximum Gasteiger partial charge on any atom is 0.119 e. The van der Waals surface area contributed by atoms with Crippen LogP contribution in [0.15, 0.2) is 54.6 Å². The molecule has 0 amide bonds. The molecular formula is C22H31NO. The minimum Gasteiger partial charge on any atom is -0.493 e. The highest BCUT2D eigenvalue weighted by Gasteiger charge is 1.98. The van der Waals surface area contributed by atoms with Crippen molar-refractivity contribution in [1.29, 1.82) is 0 Å². The first-order valence-corrected chi connectivity index (χ1v) is 9.35. The van der Waals surface area contributed by atoms with Crippen molar-refractivity contribution >= 4 is 0 Å². The first-order chi connectivity index (χ1) is 11.9. The van der Waals surface area contributed by atoms with E-state index in [0.29, 0.717) is 0 Å². The fourth-order valence-corrected chi connectivity index (χ4v) is 2.76. The number of benzene rings is 2. The van der Waals surface area contributed by atoms with E-state index in [-0.39, 0.29) is 0 Å². The van der Waals surface area contributed by atoms with Gasteiger partial charge in [-0.15, -0.1) is 0 Å². The van der Waals surface area contributed by atoms with Crippen molar-refractivity contribution in [3.8, 4) is 5.75 Å². The van der Waals surface area contributed by atoms with Crippen LogP contribution in [-0.4, -0.2) is 13.2 Å². The van der Waals surface area contributed by atoms with Crippen LogP contribution in [0.4, 0.5) is 0 Å². The lowest BCUT2D eigenvalue weighted by Gasteiger charge is -2.09. The molecule has 2 aromatic carbocycles. The molecule has 130 valence electrons.